The number of rotatable bonds is 12. The summed E-state index contributed by atoms with van der Waals surface area (Å²) in [6.07, 6.45) is 5.38. The van der Waals surface area contributed by atoms with Crippen LogP contribution >= 0.6 is 23.2 Å². The summed E-state index contributed by atoms with van der Waals surface area (Å²) < 4.78 is 34.2. The molecule has 0 radical (unpaired) electrons. The van der Waals surface area contributed by atoms with Crippen molar-refractivity contribution in [3.8, 4) is 5.75 Å². The second-order valence-electron chi connectivity index (χ2n) is 10.6. The van der Waals surface area contributed by atoms with E-state index in [-0.39, 0.29) is 34.1 Å². The Bertz CT molecular complexity index is 1500. The molecular formula is C32H37Cl2N3O5S. The first-order valence-electron chi connectivity index (χ1n) is 14.4. The molecule has 0 aliphatic heterocycles. The number of anilines is 1. The van der Waals surface area contributed by atoms with Crippen LogP contribution in [0.5, 0.6) is 5.75 Å². The van der Waals surface area contributed by atoms with Crippen molar-refractivity contribution in [2.75, 3.05) is 18.0 Å². The molecule has 0 spiro atoms. The van der Waals surface area contributed by atoms with E-state index in [1.807, 2.05) is 6.92 Å². The smallest absolute Gasteiger partial charge is 0.264 e. The lowest BCUT2D eigenvalue weighted by molar-refractivity contribution is -0.140. The first-order valence-corrected chi connectivity index (χ1v) is 16.6. The number of sulfonamides is 1. The zero-order valence-electron chi connectivity index (χ0n) is 24.3. The Morgan fingerprint density at radius 1 is 0.977 bits per heavy atom. The van der Waals surface area contributed by atoms with E-state index in [0.717, 1.165) is 42.0 Å². The average Bonchev–Trinajstić information content (AvgIpc) is 3.01. The van der Waals surface area contributed by atoms with E-state index in [0.29, 0.717) is 17.2 Å². The number of hydrogen-bond acceptors (Lipinski definition) is 5. The van der Waals surface area contributed by atoms with Crippen LogP contribution in [0.25, 0.3) is 0 Å². The number of amides is 2. The molecule has 8 nitrogen and oxygen atoms in total. The van der Waals surface area contributed by atoms with E-state index in [9.17, 15) is 18.0 Å². The van der Waals surface area contributed by atoms with E-state index < -0.39 is 28.5 Å². The number of hydrogen-bond donors (Lipinski definition) is 1. The van der Waals surface area contributed by atoms with Gasteiger partial charge in [0.2, 0.25) is 11.8 Å². The molecule has 1 fully saturated rings. The molecule has 0 unspecified atom stereocenters. The maximum Gasteiger partial charge on any atom is 0.264 e. The maximum atomic E-state index is 14.2. The quantitative estimate of drug-likeness (QED) is 0.244. The number of methoxy groups -OCH3 is 1. The monoisotopic (exact) mass is 645 g/mol. The van der Waals surface area contributed by atoms with Crippen molar-refractivity contribution in [2.24, 2.45) is 0 Å². The second-order valence-corrected chi connectivity index (χ2v) is 13.3. The number of nitrogens with zero attached hydrogens (tertiary/aromatic N) is 2. The third-order valence-corrected chi connectivity index (χ3v) is 9.97. The lowest BCUT2D eigenvalue weighted by atomic mass is 9.95. The average molecular weight is 647 g/mol. The summed E-state index contributed by atoms with van der Waals surface area (Å²) in [6.45, 7) is 1.38. The zero-order valence-corrected chi connectivity index (χ0v) is 26.7. The highest BCUT2D eigenvalue weighted by molar-refractivity contribution is 7.92. The molecule has 3 aromatic rings. The molecule has 3 aromatic carbocycles. The maximum absolute atomic E-state index is 14.2. The van der Waals surface area contributed by atoms with Crippen molar-refractivity contribution in [3.05, 3.63) is 88.4 Å². The minimum atomic E-state index is -4.20. The minimum absolute atomic E-state index is 0.0149. The third-order valence-electron chi connectivity index (χ3n) is 7.64. The van der Waals surface area contributed by atoms with Crippen LogP contribution in [-0.4, -0.2) is 50.9 Å². The zero-order chi connectivity index (χ0) is 31.0. The van der Waals surface area contributed by atoms with Crippen molar-refractivity contribution in [3.63, 3.8) is 0 Å². The number of benzene rings is 3. The lowest BCUT2D eigenvalue weighted by Gasteiger charge is -2.34. The molecule has 1 N–H and O–H groups in total. The van der Waals surface area contributed by atoms with Crippen LogP contribution < -0.4 is 14.4 Å². The van der Waals surface area contributed by atoms with Gasteiger partial charge in [-0.15, -0.1) is 0 Å². The number of nitrogens with one attached hydrogen (secondary N) is 1. The summed E-state index contributed by atoms with van der Waals surface area (Å²) in [5.74, 6) is -0.419. The van der Waals surface area contributed by atoms with Gasteiger partial charge in [0.15, 0.2) is 0 Å². The van der Waals surface area contributed by atoms with Gasteiger partial charge in [-0.3, -0.25) is 13.9 Å². The Morgan fingerprint density at radius 2 is 1.65 bits per heavy atom. The van der Waals surface area contributed by atoms with Gasteiger partial charge in [-0.1, -0.05) is 79.7 Å². The van der Waals surface area contributed by atoms with Crippen LogP contribution in [0.3, 0.4) is 0 Å². The minimum Gasteiger partial charge on any atom is -0.495 e. The largest absolute Gasteiger partial charge is 0.495 e. The molecule has 1 atom stereocenters. The summed E-state index contributed by atoms with van der Waals surface area (Å²) in [5, 5.41) is 3.88. The normalized spacial score (nSPS) is 14.5. The molecular weight excluding hydrogens is 609 g/mol. The molecule has 0 bridgehead atoms. The number of halogens is 2. The van der Waals surface area contributed by atoms with Gasteiger partial charge in [0.1, 0.15) is 18.3 Å². The SMILES string of the molecule is CC[C@@H](C(=O)NC1CCCCC1)N(Cc1ccc(Cl)cc1)C(=O)CN(c1ccc(OC)c(Cl)c1)S(=O)(=O)c1ccccc1. The Balaban J connectivity index is 1.72. The van der Waals surface area contributed by atoms with Gasteiger partial charge in [-0.2, -0.15) is 0 Å². The summed E-state index contributed by atoms with van der Waals surface area (Å²) in [6, 6.07) is 18.7. The van der Waals surface area contributed by atoms with E-state index >= 15 is 0 Å². The number of carbonyl (C=O) groups is 2. The fraction of sp³-hybridized carbons (Fsp3) is 0.375. The predicted octanol–water partition coefficient (Wildman–Crippen LogP) is 6.45. The fourth-order valence-corrected chi connectivity index (χ4v) is 7.11. The van der Waals surface area contributed by atoms with Gasteiger partial charge >= 0.3 is 0 Å². The van der Waals surface area contributed by atoms with Crippen molar-refractivity contribution in [1.82, 2.24) is 10.2 Å². The van der Waals surface area contributed by atoms with Crippen LogP contribution in [0.1, 0.15) is 51.0 Å². The predicted molar refractivity (Wildman–Crippen MR) is 170 cm³/mol. The summed E-state index contributed by atoms with van der Waals surface area (Å²) in [7, 11) is -2.75. The Morgan fingerprint density at radius 3 is 2.26 bits per heavy atom. The highest BCUT2D eigenvalue weighted by atomic mass is 35.5. The topological polar surface area (TPSA) is 96.0 Å². The standard InChI is InChI=1S/C32H37Cl2N3O5S/c1-3-29(32(39)35-25-10-6-4-7-11-25)36(21-23-14-16-24(33)17-15-23)31(38)22-37(26-18-19-30(42-2)28(34)20-26)43(40,41)27-12-8-5-9-13-27/h5,8-9,12-20,25,29H,3-4,6-7,10-11,21-22H2,1-2H3,(H,35,39)/t29-/m0/s1. The van der Waals surface area contributed by atoms with Crippen molar-refractivity contribution in [2.45, 2.75) is 69.0 Å². The van der Waals surface area contributed by atoms with Crippen molar-refractivity contribution in [1.29, 1.82) is 0 Å². The van der Waals surface area contributed by atoms with Crippen LogP contribution in [0, 0.1) is 0 Å². The van der Waals surface area contributed by atoms with Gasteiger partial charge in [0, 0.05) is 17.6 Å². The molecule has 1 saturated carbocycles. The molecule has 0 heterocycles. The number of carbonyl (C=O) groups excluding carboxylic acids is 2. The Labute approximate surface area is 264 Å². The van der Waals surface area contributed by atoms with Crippen LogP contribution in [-0.2, 0) is 26.2 Å². The van der Waals surface area contributed by atoms with E-state index in [4.69, 9.17) is 27.9 Å². The van der Waals surface area contributed by atoms with Crippen molar-refractivity contribution < 1.29 is 22.7 Å². The van der Waals surface area contributed by atoms with Crippen molar-refractivity contribution >= 4 is 50.7 Å². The van der Waals surface area contributed by atoms with Gasteiger partial charge in [0.05, 0.1) is 22.7 Å². The van der Waals surface area contributed by atoms with E-state index in [2.05, 4.69) is 5.32 Å². The summed E-state index contributed by atoms with van der Waals surface area (Å²) in [5.41, 5.74) is 0.945. The second kappa shape index (κ2) is 14.9. The molecule has 43 heavy (non-hydrogen) atoms. The summed E-state index contributed by atoms with van der Waals surface area (Å²) in [4.78, 5) is 29.3. The highest BCUT2D eigenvalue weighted by Crippen LogP contribution is 2.32. The first kappa shape index (κ1) is 32.6. The highest BCUT2D eigenvalue weighted by Gasteiger charge is 2.34. The van der Waals surface area contributed by atoms with E-state index in [1.54, 1.807) is 48.5 Å². The lowest BCUT2D eigenvalue weighted by Crippen LogP contribution is -2.54. The Hall–Kier alpha value is -3.27. The molecule has 230 valence electrons. The first-order chi connectivity index (χ1) is 20.6. The van der Waals surface area contributed by atoms with Gasteiger partial charge in [0.25, 0.3) is 10.0 Å². The van der Waals surface area contributed by atoms with Gasteiger partial charge in [-0.25, -0.2) is 8.42 Å². The fourth-order valence-electron chi connectivity index (χ4n) is 5.31. The molecule has 4 rings (SSSR count). The van der Waals surface area contributed by atoms with Gasteiger partial charge in [-0.05, 0) is 67.3 Å². The number of ether oxygens (including phenoxy) is 1. The third kappa shape index (κ3) is 8.22. The van der Waals surface area contributed by atoms with Crippen LogP contribution in [0.15, 0.2) is 77.7 Å². The molecule has 0 saturated heterocycles. The van der Waals surface area contributed by atoms with E-state index in [1.165, 1.54) is 36.3 Å². The Kier molecular flexibility index (Phi) is 11.3. The van der Waals surface area contributed by atoms with Crippen LogP contribution in [0.2, 0.25) is 10.0 Å². The molecule has 1 aliphatic rings. The summed E-state index contributed by atoms with van der Waals surface area (Å²) >= 11 is 12.5. The molecule has 11 heteroatoms. The van der Waals surface area contributed by atoms with Crippen LogP contribution in [0.4, 0.5) is 5.69 Å². The molecule has 2 amide bonds. The molecule has 0 aromatic heterocycles. The van der Waals surface area contributed by atoms with Gasteiger partial charge < -0.3 is 15.0 Å². The molecule has 1 aliphatic carbocycles.